The fourth-order valence-corrected chi connectivity index (χ4v) is 8.20. The molecule has 7 heteroatoms. The van der Waals surface area contributed by atoms with Gasteiger partial charge in [0.25, 0.3) is 0 Å². The first-order valence-corrected chi connectivity index (χ1v) is 12.4. The average Bonchev–Trinajstić information content (AvgIpc) is 2.34. The van der Waals surface area contributed by atoms with E-state index in [0.717, 1.165) is 5.56 Å². The van der Waals surface area contributed by atoms with Gasteiger partial charge >= 0.3 is 17.1 Å². The van der Waals surface area contributed by atoms with Crippen LogP contribution in [0.3, 0.4) is 0 Å². The van der Waals surface area contributed by atoms with Gasteiger partial charge in [-0.2, -0.15) is 0 Å². The van der Waals surface area contributed by atoms with E-state index in [4.69, 9.17) is 24.6 Å². The molecule has 0 unspecified atom stereocenters. The quantitative estimate of drug-likeness (QED) is 0.544. The van der Waals surface area contributed by atoms with Crippen LogP contribution in [0.15, 0.2) is 24.5 Å². The summed E-state index contributed by atoms with van der Waals surface area (Å²) in [6, 6.07) is 3.89. The molecule has 0 aromatic carbocycles. The summed E-state index contributed by atoms with van der Waals surface area (Å²) < 4.78 is 17.7. The third-order valence-corrected chi connectivity index (χ3v) is 8.15. The number of hydrogen-bond donors (Lipinski definition) is 0. The maximum Gasteiger partial charge on any atom is 0.323 e. The molecule has 0 fully saturated rings. The van der Waals surface area contributed by atoms with Crippen LogP contribution in [-0.4, -0.2) is 34.6 Å². The molecule has 108 valence electrons. The molecule has 0 saturated carbocycles. The number of pyridine rings is 1. The van der Waals surface area contributed by atoms with E-state index >= 15 is 0 Å². The van der Waals surface area contributed by atoms with Gasteiger partial charge in [-0.05, 0) is 37.8 Å². The van der Waals surface area contributed by atoms with Crippen LogP contribution in [0, 0.1) is 0 Å². The van der Waals surface area contributed by atoms with Crippen LogP contribution in [0.5, 0.6) is 0 Å². The molecule has 1 heterocycles. The van der Waals surface area contributed by atoms with Crippen molar-refractivity contribution in [2.45, 2.75) is 32.8 Å². The molecule has 0 atom stereocenters. The van der Waals surface area contributed by atoms with Gasteiger partial charge in [-0.1, -0.05) is 6.07 Å². The first-order chi connectivity index (χ1) is 8.85. The number of rotatable bonds is 8. The van der Waals surface area contributed by atoms with Gasteiger partial charge in [0.15, 0.2) is 0 Å². The van der Waals surface area contributed by atoms with Crippen molar-refractivity contribution in [1.82, 2.24) is 4.98 Å². The van der Waals surface area contributed by atoms with Crippen molar-refractivity contribution in [2.24, 2.45) is 0 Å². The van der Waals surface area contributed by atoms with Crippen LogP contribution in [-0.2, 0) is 19.6 Å². The molecule has 0 aliphatic carbocycles. The second-order valence-electron chi connectivity index (χ2n) is 5.09. The number of aromatic nitrogens is 1. The lowest BCUT2D eigenvalue weighted by Crippen LogP contribution is -2.48. The largest absolute Gasteiger partial charge is 0.415 e. The van der Waals surface area contributed by atoms with Crippen LogP contribution in [0.1, 0.15) is 5.56 Å². The lowest BCUT2D eigenvalue weighted by atomic mass is 10.3. The van der Waals surface area contributed by atoms with Gasteiger partial charge in [0.05, 0.1) is 6.61 Å². The lowest BCUT2D eigenvalue weighted by molar-refractivity contribution is 0.195. The molecular formula is C12H22ClNO3Si2. The van der Waals surface area contributed by atoms with Gasteiger partial charge in [0.2, 0.25) is 0 Å². The monoisotopic (exact) mass is 319 g/mol. The van der Waals surface area contributed by atoms with E-state index in [1.165, 1.54) is 0 Å². The zero-order valence-electron chi connectivity index (χ0n) is 12.0. The third kappa shape index (κ3) is 7.19. The molecule has 0 N–H and O–H groups in total. The Balaban J connectivity index is 2.47. The molecule has 0 amide bonds. The molecule has 0 bridgehead atoms. The van der Waals surface area contributed by atoms with Gasteiger partial charge in [-0.15, -0.1) is 11.6 Å². The van der Waals surface area contributed by atoms with Crippen LogP contribution in [0.25, 0.3) is 0 Å². The van der Waals surface area contributed by atoms with Crippen molar-refractivity contribution in [2.75, 3.05) is 12.5 Å². The summed E-state index contributed by atoms with van der Waals surface area (Å²) in [5.41, 5.74) is 1.05. The normalized spacial score (nSPS) is 12.7. The highest BCUT2D eigenvalue weighted by atomic mass is 35.5. The predicted molar refractivity (Wildman–Crippen MR) is 81.7 cm³/mol. The van der Waals surface area contributed by atoms with Crippen molar-refractivity contribution in [1.29, 1.82) is 0 Å². The highest BCUT2D eigenvalue weighted by molar-refractivity contribution is 6.78. The molecule has 0 aliphatic heterocycles. The van der Waals surface area contributed by atoms with Crippen molar-refractivity contribution >= 4 is 28.7 Å². The topological polar surface area (TPSA) is 40.6 Å². The van der Waals surface area contributed by atoms with Crippen LogP contribution >= 0.6 is 11.6 Å². The molecule has 1 aromatic heterocycles. The summed E-state index contributed by atoms with van der Waals surface area (Å²) >= 11 is 5.63. The molecule has 0 aliphatic rings. The van der Waals surface area contributed by atoms with E-state index in [-0.39, 0.29) is 0 Å². The maximum absolute atomic E-state index is 6.10. The second kappa shape index (κ2) is 7.51. The van der Waals surface area contributed by atoms with E-state index in [1.54, 1.807) is 12.4 Å². The van der Waals surface area contributed by atoms with Crippen molar-refractivity contribution < 1.29 is 13.0 Å². The zero-order chi connectivity index (χ0) is 14.4. The summed E-state index contributed by atoms with van der Waals surface area (Å²) in [6.07, 6.45) is 3.55. The van der Waals surface area contributed by atoms with E-state index in [1.807, 2.05) is 38.3 Å². The van der Waals surface area contributed by atoms with E-state index < -0.39 is 17.1 Å². The summed E-state index contributed by atoms with van der Waals surface area (Å²) in [5.74, 6) is 0.484. The first kappa shape index (κ1) is 16.8. The Kier molecular flexibility index (Phi) is 6.65. The highest BCUT2D eigenvalue weighted by Gasteiger charge is 2.36. The predicted octanol–water partition coefficient (Wildman–Crippen LogP) is 3.27. The van der Waals surface area contributed by atoms with Crippen molar-refractivity contribution in [3.63, 3.8) is 0 Å². The Bertz CT molecular complexity index is 376. The Morgan fingerprint density at radius 1 is 1.16 bits per heavy atom. The lowest BCUT2D eigenvalue weighted by Gasteiger charge is -2.32. The molecule has 1 rings (SSSR count). The standard InChI is InChI=1S/C12H22ClNO3Si2/c1-18(2,15-9-7-13)17-19(3,4)16-11-12-6-5-8-14-10-12/h5-6,8,10H,7,9,11H2,1-4H3. The number of hydrogen-bond acceptors (Lipinski definition) is 4. The molecule has 4 nitrogen and oxygen atoms in total. The highest BCUT2D eigenvalue weighted by Crippen LogP contribution is 2.18. The minimum absolute atomic E-state index is 0.484. The third-order valence-electron chi connectivity index (χ3n) is 2.33. The Morgan fingerprint density at radius 2 is 1.84 bits per heavy atom. The van der Waals surface area contributed by atoms with Gasteiger partial charge in [0.1, 0.15) is 0 Å². The van der Waals surface area contributed by atoms with Gasteiger partial charge in [-0.25, -0.2) is 0 Å². The van der Waals surface area contributed by atoms with E-state index in [0.29, 0.717) is 19.1 Å². The van der Waals surface area contributed by atoms with Crippen LogP contribution < -0.4 is 0 Å². The van der Waals surface area contributed by atoms with Gasteiger partial charge in [0, 0.05) is 24.9 Å². The number of nitrogens with zero attached hydrogens (tertiary/aromatic N) is 1. The SMILES string of the molecule is C[Si](C)(OCCCl)O[Si](C)(C)OCc1cccnc1. The summed E-state index contributed by atoms with van der Waals surface area (Å²) in [7, 11) is -4.37. The molecule has 0 radical (unpaired) electrons. The summed E-state index contributed by atoms with van der Waals surface area (Å²) in [4.78, 5) is 4.06. The molecule has 1 aromatic rings. The number of halogens is 1. The van der Waals surface area contributed by atoms with Crippen LogP contribution in [0.2, 0.25) is 26.2 Å². The van der Waals surface area contributed by atoms with Crippen LogP contribution in [0.4, 0.5) is 0 Å². The fraction of sp³-hybridized carbons (Fsp3) is 0.583. The minimum atomic E-state index is -2.21. The average molecular weight is 320 g/mol. The summed E-state index contributed by atoms with van der Waals surface area (Å²) in [6.45, 7) is 9.13. The Labute approximate surface area is 122 Å². The maximum atomic E-state index is 6.10. The summed E-state index contributed by atoms with van der Waals surface area (Å²) in [5, 5.41) is 0. The zero-order valence-corrected chi connectivity index (χ0v) is 14.7. The Morgan fingerprint density at radius 3 is 2.42 bits per heavy atom. The minimum Gasteiger partial charge on any atom is -0.415 e. The van der Waals surface area contributed by atoms with Gasteiger partial charge in [-0.3, -0.25) is 4.98 Å². The van der Waals surface area contributed by atoms with Crippen molar-refractivity contribution in [3.8, 4) is 0 Å². The Hall–Kier alpha value is -0.246. The first-order valence-electron chi connectivity index (χ1n) is 6.28. The van der Waals surface area contributed by atoms with E-state index in [2.05, 4.69) is 4.98 Å². The number of alkyl halides is 1. The molecule has 19 heavy (non-hydrogen) atoms. The molecule has 0 spiro atoms. The smallest absolute Gasteiger partial charge is 0.323 e. The molecular weight excluding hydrogens is 298 g/mol. The van der Waals surface area contributed by atoms with E-state index in [9.17, 15) is 0 Å². The van der Waals surface area contributed by atoms with Gasteiger partial charge < -0.3 is 13.0 Å². The van der Waals surface area contributed by atoms with Crippen molar-refractivity contribution in [3.05, 3.63) is 30.1 Å². The fourth-order valence-electron chi connectivity index (χ4n) is 1.68. The second-order valence-corrected chi connectivity index (χ2v) is 12.5. The molecule has 0 saturated heterocycles.